The fourth-order valence-electron chi connectivity index (χ4n) is 2.20. The molecule has 0 spiro atoms. The Bertz CT molecular complexity index is 491. The normalized spacial score (nSPS) is 24.8. The molecule has 2 unspecified atom stereocenters. The van der Waals surface area contributed by atoms with Gasteiger partial charge in [0.2, 0.25) is 0 Å². The molecule has 4 nitrogen and oxygen atoms in total. The van der Waals surface area contributed by atoms with Gasteiger partial charge in [0, 0.05) is 17.5 Å². The highest BCUT2D eigenvalue weighted by atomic mass is 16.5. The predicted octanol–water partition coefficient (Wildman–Crippen LogP) is 2.14. The highest BCUT2D eigenvalue weighted by Gasteiger charge is 2.47. The van der Waals surface area contributed by atoms with Crippen LogP contribution >= 0.6 is 0 Å². The molecule has 1 saturated carbocycles. The molecule has 96 valence electrons. The van der Waals surface area contributed by atoms with Gasteiger partial charge in [-0.2, -0.15) is 5.26 Å². The standard InChI is InChI=1S/C14H18N2O2/c1-14(2)12(7-13(14)17)16-11-6-10(18-3)5-4-9(11)8-15/h4-6,12-13,16-17H,7H2,1-3H3. The van der Waals surface area contributed by atoms with Crippen molar-refractivity contribution in [2.45, 2.75) is 32.4 Å². The van der Waals surface area contributed by atoms with Crippen molar-refractivity contribution >= 4 is 5.69 Å². The van der Waals surface area contributed by atoms with Crippen LogP contribution in [-0.4, -0.2) is 24.4 Å². The molecule has 0 radical (unpaired) electrons. The van der Waals surface area contributed by atoms with E-state index in [-0.39, 0.29) is 17.6 Å². The summed E-state index contributed by atoms with van der Waals surface area (Å²) in [5.74, 6) is 0.717. The van der Waals surface area contributed by atoms with Crippen LogP contribution in [0.5, 0.6) is 5.75 Å². The maximum absolute atomic E-state index is 9.72. The van der Waals surface area contributed by atoms with Crippen LogP contribution < -0.4 is 10.1 Å². The molecule has 2 atom stereocenters. The monoisotopic (exact) mass is 246 g/mol. The van der Waals surface area contributed by atoms with Crippen LogP contribution in [0.3, 0.4) is 0 Å². The molecule has 4 heteroatoms. The zero-order valence-corrected chi connectivity index (χ0v) is 10.9. The van der Waals surface area contributed by atoms with Gasteiger partial charge in [0.15, 0.2) is 0 Å². The first-order valence-electron chi connectivity index (χ1n) is 6.01. The molecule has 1 aromatic carbocycles. The Labute approximate surface area is 107 Å². The van der Waals surface area contributed by atoms with E-state index in [0.717, 1.165) is 5.69 Å². The number of aliphatic hydroxyl groups is 1. The van der Waals surface area contributed by atoms with Gasteiger partial charge >= 0.3 is 0 Å². The third kappa shape index (κ3) is 2.02. The maximum atomic E-state index is 9.72. The first-order chi connectivity index (χ1) is 8.48. The molecular formula is C14H18N2O2. The molecule has 2 rings (SSSR count). The highest BCUT2D eigenvalue weighted by molar-refractivity contribution is 5.61. The zero-order valence-electron chi connectivity index (χ0n) is 10.9. The maximum Gasteiger partial charge on any atom is 0.121 e. The van der Waals surface area contributed by atoms with E-state index in [0.29, 0.717) is 17.7 Å². The number of aliphatic hydroxyl groups excluding tert-OH is 1. The second-order valence-electron chi connectivity index (χ2n) is 5.29. The summed E-state index contributed by atoms with van der Waals surface area (Å²) < 4.78 is 5.16. The third-order valence-electron chi connectivity index (χ3n) is 3.89. The molecule has 18 heavy (non-hydrogen) atoms. The topological polar surface area (TPSA) is 65.3 Å². The second kappa shape index (κ2) is 4.51. The summed E-state index contributed by atoms with van der Waals surface area (Å²) in [6.07, 6.45) is 0.417. The number of hydrogen-bond donors (Lipinski definition) is 2. The van der Waals surface area contributed by atoms with E-state index in [2.05, 4.69) is 11.4 Å². The highest BCUT2D eigenvalue weighted by Crippen LogP contribution is 2.42. The van der Waals surface area contributed by atoms with Gasteiger partial charge in [-0.25, -0.2) is 0 Å². The second-order valence-corrected chi connectivity index (χ2v) is 5.29. The van der Waals surface area contributed by atoms with Gasteiger partial charge in [0.25, 0.3) is 0 Å². The number of anilines is 1. The lowest BCUT2D eigenvalue weighted by molar-refractivity contribution is -0.0510. The number of nitrogens with one attached hydrogen (secondary N) is 1. The molecule has 0 aromatic heterocycles. The number of hydrogen-bond acceptors (Lipinski definition) is 4. The number of nitriles is 1. The number of rotatable bonds is 3. The lowest BCUT2D eigenvalue weighted by Gasteiger charge is -2.50. The van der Waals surface area contributed by atoms with E-state index in [9.17, 15) is 5.11 Å². The number of methoxy groups -OCH3 is 1. The van der Waals surface area contributed by atoms with Crippen molar-refractivity contribution in [3.63, 3.8) is 0 Å². The first-order valence-corrected chi connectivity index (χ1v) is 6.01. The smallest absolute Gasteiger partial charge is 0.121 e. The number of ether oxygens (including phenoxy) is 1. The molecular weight excluding hydrogens is 228 g/mol. The van der Waals surface area contributed by atoms with E-state index in [1.165, 1.54) is 0 Å². The van der Waals surface area contributed by atoms with Gasteiger partial charge in [0.1, 0.15) is 11.8 Å². The lowest BCUT2D eigenvalue weighted by atomic mass is 9.64. The molecule has 1 aromatic rings. The summed E-state index contributed by atoms with van der Waals surface area (Å²) in [4.78, 5) is 0. The molecule has 0 amide bonds. The summed E-state index contributed by atoms with van der Waals surface area (Å²) in [5.41, 5.74) is 1.19. The van der Waals surface area contributed by atoms with Crippen LogP contribution in [0.2, 0.25) is 0 Å². The van der Waals surface area contributed by atoms with E-state index in [1.54, 1.807) is 19.2 Å². The van der Waals surface area contributed by atoms with Gasteiger partial charge in [0.05, 0.1) is 24.5 Å². The Kier molecular flexibility index (Phi) is 3.18. The van der Waals surface area contributed by atoms with Crippen LogP contribution in [0, 0.1) is 16.7 Å². The van der Waals surface area contributed by atoms with Crippen LogP contribution in [0.15, 0.2) is 18.2 Å². The third-order valence-corrected chi connectivity index (χ3v) is 3.89. The average Bonchev–Trinajstić information content (AvgIpc) is 2.38. The van der Waals surface area contributed by atoms with Crippen molar-refractivity contribution in [3.8, 4) is 11.8 Å². The quantitative estimate of drug-likeness (QED) is 0.857. The first kappa shape index (κ1) is 12.7. The molecule has 0 bridgehead atoms. The van der Waals surface area contributed by atoms with E-state index in [4.69, 9.17) is 10.00 Å². The minimum atomic E-state index is -0.286. The summed E-state index contributed by atoms with van der Waals surface area (Å²) in [6, 6.07) is 7.66. The Morgan fingerprint density at radius 1 is 1.50 bits per heavy atom. The predicted molar refractivity (Wildman–Crippen MR) is 69.5 cm³/mol. The molecule has 1 fully saturated rings. The molecule has 0 heterocycles. The minimum Gasteiger partial charge on any atom is -0.497 e. The average molecular weight is 246 g/mol. The van der Waals surface area contributed by atoms with Gasteiger partial charge in [-0.05, 0) is 18.6 Å². The minimum absolute atomic E-state index is 0.171. The summed E-state index contributed by atoms with van der Waals surface area (Å²) in [7, 11) is 1.60. The fourth-order valence-corrected chi connectivity index (χ4v) is 2.20. The number of benzene rings is 1. The van der Waals surface area contributed by atoms with Crippen molar-refractivity contribution in [1.82, 2.24) is 0 Å². The lowest BCUT2D eigenvalue weighted by Crippen LogP contribution is -2.56. The summed E-state index contributed by atoms with van der Waals surface area (Å²) in [5, 5.41) is 22.1. The summed E-state index contributed by atoms with van der Waals surface area (Å²) in [6.45, 7) is 4.04. The van der Waals surface area contributed by atoms with Crippen molar-refractivity contribution in [2.75, 3.05) is 12.4 Å². The van der Waals surface area contributed by atoms with E-state index >= 15 is 0 Å². The van der Waals surface area contributed by atoms with Gasteiger partial charge in [-0.3, -0.25) is 0 Å². The van der Waals surface area contributed by atoms with Crippen molar-refractivity contribution in [3.05, 3.63) is 23.8 Å². The Morgan fingerprint density at radius 2 is 2.22 bits per heavy atom. The Hall–Kier alpha value is -1.73. The van der Waals surface area contributed by atoms with Gasteiger partial charge in [-0.15, -0.1) is 0 Å². The van der Waals surface area contributed by atoms with Crippen molar-refractivity contribution in [2.24, 2.45) is 5.41 Å². The van der Waals surface area contributed by atoms with Crippen LogP contribution in [-0.2, 0) is 0 Å². The van der Waals surface area contributed by atoms with Gasteiger partial charge in [-0.1, -0.05) is 13.8 Å². The van der Waals surface area contributed by atoms with Gasteiger partial charge < -0.3 is 15.2 Å². The SMILES string of the molecule is COc1ccc(C#N)c(NC2CC(O)C2(C)C)c1. The number of nitrogens with zero attached hydrogens (tertiary/aromatic N) is 1. The van der Waals surface area contributed by atoms with Crippen molar-refractivity contribution in [1.29, 1.82) is 5.26 Å². The zero-order chi connectivity index (χ0) is 13.3. The molecule has 0 saturated heterocycles. The van der Waals surface area contributed by atoms with Crippen LogP contribution in [0.4, 0.5) is 5.69 Å². The van der Waals surface area contributed by atoms with Crippen LogP contribution in [0.1, 0.15) is 25.8 Å². The van der Waals surface area contributed by atoms with E-state index in [1.807, 2.05) is 19.9 Å². The van der Waals surface area contributed by atoms with Crippen molar-refractivity contribution < 1.29 is 9.84 Å². The molecule has 1 aliphatic rings. The summed E-state index contributed by atoms with van der Waals surface area (Å²) >= 11 is 0. The van der Waals surface area contributed by atoms with Crippen LogP contribution in [0.25, 0.3) is 0 Å². The largest absolute Gasteiger partial charge is 0.497 e. The molecule has 2 N–H and O–H groups in total. The molecule has 0 aliphatic heterocycles. The Balaban J connectivity index is 2.21. The van der Waals surface area contributed by atoms with E-state index < -0.39 is 0 Å². The fraction of sp³-hybridized carbons (Fsp3) is 0.500. The Morgan fingerprint density at radius 3 is 2.72 bits per heavy atom. The molecule has 1 aliphatic carbocycles.